The maximum Gasteiger partial charge on any atom is 0.463 e. The van der Waals surface area contributed by atoms with Crippen LogP contribution in [0.25, 0.3) is 0 Å². The van der Waals surface area contributed by atoms with Crippen molar-refractivity contribution < 1.29 is 36.3 Å². The summed E-state index contributed by atoms with van der Waals surface area (Å²) >= 11 is 0. The van der Waals surface area contributed by atoms with Crippen LogP contribution in [0.4, 0.5) is 22.0 Å². The van der Waals surface area contributed by atoms with Crippen LogP contribution < -0.4 is 5.32 Å². The Balaban J connectivity index is 4.07. The van der Waals surface area contributed by atoms with E-state index in [1.807, 2.05) is 0 Å². The summed E-state index contributed by atoms with van der Waals surface area (Å²) in [5.74, 6) is -9.33. The molecular weight excluding hydrogens is 445 g/mol. The third-order valence-corrected chi connectivity index (χ3v) is 5.43. The van der Waals surface area contributed by atoms with E-state index >= 15 is 0 Å². The fraction of sp³-hybridized carbons (Fsp3) is 0.917. The lowest BCUT2D eigenvalue weighted by Crippen LogP contribution is -2.55. The Morgan fingerprint density at radius 3 is 1.58 bits per heavy atom. The molecular formula is C24H42F5NO3. The summed E-state index contributed by atoms with van der Waals surface area (Å²) in [5, 5.41) is 1.51. The molecule has 33 heavy (non-hydrogen) atoms. The molecule has 4 nitrogen and oxygen atoms in total. The molecule has 0 radical (unpaired) electrons. The highest BCUT2D eigenvalue weighted by atomic mass is 19.4. The predicted octanol–water partition coefficient (Wildman–Crippen LogP) is 7.35. The molecule has 196 valence electrons. The van der Waals surface area contributed by atoms with E-state index in [1.54, 1.807) is 13.8 Å². The van der Waals surface area contributed by atoms with Gasteiger partial charge in [-0.3, -0.25) is 4.79 Å². The molecule has 1 N–H and O–H groups in total. The van der Waals surface area contributed by atoms with Crippen LogP contribution in [-0.2, 0) is 14.3 Å². The lowest BCUT2D eigenvalue weighted by atomic mass is 10.0. The van der Waals surface area contributed by atoms with E-state index in [0.717, 1.165) is 25.7 Å². The summed E-state index contributed by atoms with van der Waals surface area (Å²) in [6, 6.07) is -1.55. The molecule has 0 fully saturated rings. The second kappa shape index (κ2) is 17.1. The Morgan fingerprint density at radius 2 is 1.18 bits per heavy atom. The second-order valence-corrected chi connectivity index (χ2v) is 9.14. The summed E-state index contributed by atoms with van der Waals surface area (Å²) in [7, 11) is 0. The maximum atomic E-state index is 13.2. The van der Waals surface area contributed by atoms with Crippen molar-refractivity contribution in [1.29, 1.82) is 0 Å². The molecule has 1 atom stereocenters. The second-order valence-electron chi connectivity index (χ2n) is 9.14. The minimum atomic E-state index is -6.03. The standard InChI is InChI=1S/C24H42F5NO3/c1-4-5-6-7-8-9-10-11-12-13-14-15-16-17-33-21(31)20(18-19(2)3)30-22(32)23(25,26)24(27,28)29/h19-20H,4-18H2,1-3H3,(H,30,32). The lowest BCUT2D eigenvalue weighted by molar-refractivity contribution is -0.270. The topological polar surface area (TPSA) is 55.4 Å². The van der Waals surface area contributed by atoms with E-state index < -0.39 is 30.0 Å². The number of esters is 1. The number of unbranched alkanes of at least 4 members (excludes halogenated alkanes) is 12. The normalized spacial score (nSPS) is 13.2. The van der Waals surface area contributed by atoms with Gasteiger partial charge in [0.1, 0.15) is 6.04 Å². The van der Waals surface area contributed by atoms with Crippen molar-refractivity contribution in [2.75, 3.05) is 6.61 Å². The van der Waals surface area contributed by atoms with Gasteiger partial charge in [-0.2, -0.15) is 22.0 Å². The van der Waals surface area contributed by atoms with Crippen molar-refractivity contribution >= 4 is 11.9 Å². The molecule has 1 amide bonds. The molecule has 0 heterocycles. The maximum absolute atomic E-state index is 13.2. The van der Waals surface area contributed by atoms with Crippen molar-refractivity contribution in [3.8, 4) is 0 Å². The van der Waals surface area contributed by atoms with Crippen LogP contribution in [0, 0.1) is 5.92 Å². The summed E-state index contributed by atoms with van der Waals surface area (Å²) < 4.78 is 68.5. The first-order valence-corrected chi connectivity index (χ1v) is 12.4. The van der Waals surface area contributed by atoms with E-state index in [-0.39, 0.29) is 18.9 Å². The first kappa shape index (κ1) is 31.6. The molecule has 1 unspecified atom stereocenters. The number of carbonyl (C=O) groups excluding carboxylic acids is 2. The monoisotopic (exact) mass is 487 g/mol. The molecule has 0 rings (SSSR count). The number of halogens is 5. The van der Waals surface area contributed by atoms with Crippen molar-refractivity contribution in [2.45, 2.75) is 129 Å². The van der Waals surface area contributed by atoms with Gasteiger partial charge in [0.15, 0.2) is 0 Å². The summed E-state index contributed by atoms with van der Waals surface area (Å²) in [4.78, 5) is 23.6. The third kappa shape index (κ3) is 14.5. The molecule has 0 saturated heterocycles. The van der Waals surface area contributed by atoms with Crippen LogP contribution in [0.1, 0.15) is 111 Å². The van der Waals surface area contributed by atoms with Crippen LogP contribution in [0.2, 0.25) is 0 Å². The predicted molar refractivity (Wildman–Crippen MR) is 119 cm³/mol. The van der Waals surface area contributed by atoms with Gasteiger partial charge in [0, 0.05) is 0 Å². The summed E-state index contributed by atoms with van der Waals surface area (Å²) in [6.07, 6.45) is 8.76. The van der Waals surface area contributed by atoms with Crippen molar-refractivity contribution in [3.63, 3.8) is 0 Å². The van der Waals surface area contributed by atoms with Crippen LogP contribution in [0.15, 0.2) is 0 Å². The number of carbonyl (C=O) groups is 2. The molecule has 0 aromatic carbocycles. The van der Waals surface area contributed by atoms with Gasteiger partial charge < -0.3 is 10.1 Å². The molecule has 0 spiro atoms. The average molecular weight is 488 g/mol. The number of hydrogen-bond acceptors (Lipinski definition) is 3. The average Bonchev–Trinajstić information content (AvgIpc) is 2.72. The number of ether oxygens (including phenoxy) is 1. The van der Waals surface area contributed by atoms with Crippen LogP contribution in [-0.4, -0.2) is 36.6 Å². The lowest BCUT2D eigenvalue weighted by Gasteiger charge is -2.23. The Labute approximate surface area is 195 Å². The third-order valence-electron chi connectivity index (χ3n) is 5.43. The highest BCUT2D eigenvalue weighted by Crippen LogP contribution is 2.35. The van der Waals surface area contributed by atoms with Crippen LogP contribution >= 0.6 is 0 Å². The van der Waals surface area contributed by atoms with Gasteiger partial charge in [-0.1, -0.05) is 97.8 Å². The van der Waals surface area contributed by atoms with Gasteiger partial charge in [0.05, 0.1) is 6.61 Å². The van der Waals surface area contributed by atoms with E-state index in [0.29, 0.717) is 6.42 Å². The fourth-order valence-corrected chi connectivity index (χ4v) is 3.46. The Hall–Kier alpha value is -1.41. The number of nitrogens with one attached hydrogen (secondary N) is 1. The van der Waals surface area contributed by atoms with Crippen LogP contribution in [0.3, 0.4) is 0 Å². The van der Waals surface area contributed by atoms with Gasteiger partial charge in [0.2, 0.25) is 0 Å². The minimum absolute atomic E-state index is 0.0384. The number of amides is 1. The molecule has 0 aliphatic heterocycles. The van der Waals surface area contributed by atoms with E-state index in [2.05, 4.69) is 6.92 Å². The quantitative estimate of drug-likeness (QED) is 0.118. The Kier molecular flexibility index (Phi) is 16.4. The highest BCUT2D eigenvalue weighted by molar-refractivity contribution is 5.89. The van der Waals surface area contributed by atoms with Crippen molar-refractivity contribution in [1.82, 2.24) is 5.32 Å². The van der Waals surface area contributed by atoms with E-state index in [9.17, 15) is 31.5 Å². The zero-order valence-electron chi connectivity index (χ0n) is 20.4. The molecule has 0 saturated carbocycles. The number of rotatable bonds is 19. The minimum Gasteiger partial charge on any atom is -0.464 e. The van der Waals surface area contributed by atoms with Gasteiger partial charge in [0.25, 0.3) is 0 Å². The molecule has 0 aliphatic rings. The van der Waals surface area contributed by atoms with E-state index in [1.165, 1.54) is 56.7 Å². The molecule has 0 bridgehead atoms. The zero-order chi connectivity index (χ0) is 25.3. The fourth-order valence-electron chi connectivity index (χ4n) is 3.46. The summed E-state index contributed by atoms with van der Waals surface area (Å²) in [5.41, 5.74) is 0. The molecule has 0 aromatic heterocycles. The van der Waals surface area contributed by atoms with Gasteiger partial charge in [-0.05, 0) is 18.8 Å². The van der Waals surface area contributed by atoms with E-state index in [4.69, 9.17) is 4.74 Å². The first-order chi connectivity index (χ1) is 15.4. The molecule has 9 heteroatoms. The Bertz CT molecular complexity index is 539. The van der Waals surface area contributed by atoms with Crippen molar-refractivity contribution in [2.24, 2.45) is 5.92 Å². The van der Waals surface area contributed by atoms with Gasteiger partial charge in [-0.15, -0.1) is 0 Å². The largest absolute Gasteiger partial charge is 0.464 e. The number of hydrogen-bond donors (Lipinski definition) is 1. The van der Waals surface area contributed by atoms with Crippen molar-refractivity contribution in [3.05, 3.63) is 0 Å². The smallest absolute Gasteiger partial charge is 0.463 e. The zero-order valence-corrected chi connectivity index (χ0v) is 20.4. The van der Waals surface area contributed by atoms with Gasteiger partial charge >= 0.3 is 24.0 Å². The molecule has 0 aromatic rings. The molecule has 0 aliphatic carbocycles. The van der Waals surface area contributed by atoms with Crippen LogP contribution in [0.5, 0.6) is 0 Å². The van der Waals surface area contributed by atoms with Gasteiger partial charge in [-0.25, -0.2) is 4.79 Å². The summed E-state index contributed by atoms with van der Waals surface area (Å²) in [6.45, 7) is 5.55. The first-order valence-electron chi connectivity index (χ1n) is 12.4. The SMILES string of the molecule is CCCCCCCCCCCCCCCOC(=O)C(CC(C)C)NC(=O)C(F)(F)C(F)(F)F. The number of alkyl halides is 5. The Morgan fingerprint density at radius 1 is 0.758 bits per heavy atom. The highest BCUT2D eigenvalue weighted by Gasteiger charge is 2.63.